The van der Waals surface area contributed by atoms with Crippen LogP contribution in [0.5, 0.6) is 5.75 Å². The Morgan fingerprint density at radius 3 is 2.00 bits per heavy atom. The van der Waals surface area contributed by atoms with E-state index in [1.165, 1.54) is 19.4 Å². The normalized spacial score (nSPS) is 13.4. The van der Waals surface area contributed by atoms with Gasteiger partial charge in [-0.3, -0.25) is 5.41 Å². The van der Waals surface area contributed by atoms with Crippen LogP contribution in [0.3, 0.4) is 0 Å². The summed E-state index contributed by atoms with van der Waals surface area (Å²) in [6, 6.07) is 1.36. The molecule has 0 aromatic carbocycles. The molecule has 114 valence electrons. The molecule has 0 atom stereocenters. The number of pyridine rings is 1. The summed E-state index contributed by atoms with van der Waals surface area (Å²) in [4.78, 5) is 0. The predicted octanol–water partition coefficient (Wildman–Crippen LogP) is 2.94. The van der Waals surface area contributed by atoms with Gasteiger partial charge < -0.3 is 14.1 Å². The largest absolute Gasteiger partial charge is 0.497 e. The lowest BCUT2D eigenvalue weighted by Gasteiger charge is -2.45. The summed E-state index contributed by atoms with van der Waals surface area (Å²) in [5, 5.41) is 16.6. The summed E-state index contributed by atoms with van der Waals surface area (Å²) in [5.74, 6) is 0.333. The van der Waals surface area contributed by atoms with Crippen molar-refractivity contribution in [1.29, 1.82) is 5.41 Å². The molecule has 0 amide bonds. The van der Waals surface area contributed by atoms with E-state index in [2.05, 4.69) is 0 Å². The summed E-state index contributed by atoms with van der Waals surface area (Å²) >= 11 is 0. The molecule has 1 aromatic rings. The maximum atomic E-state index is 16.2. The molecule has 0 aliphatic carbocycles. The van der Waals surface area contributed by atoms with E-state index in [9.17, 15) is 5.21 Å². The highest BCUT2D eigenvalue weighted by atomic mass is 28.4. The zero-order valence-corrected chi connectivity index (χ0v) is 14.3. The van der Waals surface area contributed by atoms with Crippen molar-refractivity contribution in [3.05, 3.63) is 17.8 Å². The SMILES string of the molecule is COc1cc(=N)n(O)cc1[Si](F)(C(C)(C)C)C(C)(C)C. The van der Waals surface area contributed by atoms with Gasteiger partial charge in [0.05, 0.1) is 13.3 Å². The minimum Gasteiger partial charge on any atom is -0.497 e. The standard InChI is InChI=1S/C14H25FN2O2Si/c1-13(2,3)20(15,14(4,5)6)11-9-17(18)12(16)8-10(11)19-7/h8-9,16,18H,1-7H3. The Morgan fingerprint density at radius 1 is 1.20 bits per heavy atom. The van der Waals surface area contributed by atoms with Crippen LogP contribution in [0.4, 0.5) is 4.11 Å². The van der Waals surface area contributed by atoms with Crippen LogP contribution < -0.4 is 15.4 Å². The van der Waals surface area contributed by atoms with E-state index in [0.717, 1.165) is 0 Å². The number of methoxy groups -OCH3 is 1. The summed E-state index contributed by atoms with van der Waals surface area (Å²) in [5.41, 5.74) is -0.134. The van der Waals surface area contributed by atoms with Crippen molar-refractivity contribution in [3.8, 4) is 5.75 Å². The molecule has 0 fully saturated rings. The van der Waals surface area contributed by atoms with Crippen molar-refractivity contribution in [2.45, 2.75) is 51.6 Å². The van der Waals surface area contributed by atoms with E-state index in [1.807, 2.05) is 41.5 Å². The number of halogens is 1. The molecule has 0 bridgehead atoms. The summed E-state index contributed by atoms with van der Waals surface area (Å²) in [6.45, 7) is 11.3. The minimum absolute atomic E-state index is 0.134. The molecule has 1 aromatic heterocycles. The van der Waals surface area contributed by atoms with Crippen LogP contribution in [-0.2, 0) is 0 Å². The fourth-order valence-electron chi connectivity index (χ4n) is 2.88. The number of hydrogen-bond donors (Lipinski definition) is 2. The van der Waals surface area contributed by atoms with Crippen LogP contribution in [0.25, 0.3) is 0 Å². The van der Waals surface area contributed by atoms with Gasteiger partial charge in [0.2, 0.25) is 0 Å². The zero-order valence-electron chi connectivity index (χ0n) is 13.3. The number of hydrogen-bond acceptors (Lipinski definition) is 3. The lowest BCUT2D eigenvalue weighted by Crippen LogP contribution is -2.59. The van der Waals surface area contributed by atoms with Crippen molar-refractivity contribution in [1.82, 2.24) is 4.73 Å². The summed E-state index contributed by atoms with van der Waals surface area (Å²) in [7, 11) is -2.08. The number of rotatable bonds is 2. The van der Waals surface area contributed by atoms with E-state index in [-0.39, 0.29) is 5.49 Å². The topological polar surface area (TPSA) is 58.2 Å². The summed E-state index contributed by atoms with van der Waals surface area (Å²) < 4.78 is 22.1. The van der Waals surface area contributed by atoms with E-state index in [1.54, 1.807) is 0 Å². The van der Waals surface area contributed by atoms with Gasteiger partial charge in [-0.2, -0.15) is 4.73 Å². The molecule has 0 aliphatic heterocycles. The lowest BCUT2D eigenvalue weighted by atomic mass is 10.2. The average Bonchev–Trinajstić information content (AvgIpc) is 2.28. The maximum absolute atomic E-state index is 16.2. The van der Waals surface area contributed by atoms with Gasteiger partial charge in [-0.1, -0.05) is 41.5 Å². The Bertz CT molecular complexity index is 542. The van der Waals surface area contributed by atoms with Gasteiger partial charge in [-0.05, 0) is 10.1 Å². The smallest absolute Gasteiger partial charge is 0.293 e. The molecule has 0 radical (unpaired) electrons. The van der Waals surface area contributed by atoms with Gasteiger partial charge in [0.1, 0.15) is 5.75 Å². The third kappa shape index (κ3) is 2.48. The average molecular weight is 300 g/mol. The molecule has 0 spiro atoms. The molecule has 0 aliphatic rings. The van der Waals surface area contributed by atoms with Crippen LogP contribution in [0.2, 0.25) is 10.1 Å². The molecular formula is C14H25FN2O2Si. The second-order valence-corrected chi connectivity index (χ2v) is 12.0. The first-order valence-electron chi connectivity index (χ1n) is 6.60. The van der Waals surface area contributed by atoms with Crippen molar-refractivity contribution < 1.29 is 14.1 Å². The molecule has 1 heterocycles. The Morgan fingerprint density at radius 2 is 1.65 bits per heavy atom. The highest BCUT2D eigenvalue weighted by molar-refractivity contribution is 6.91. The minimum atomic E-state index is -3.54. The quantitative estimate of drug-likeness (QED) is 0.501. The Labute approximate surface area is 120 Å². The molecule has 20 heavy (non-hydrogen) atoms. The van der Waals surface area contributed by atoms with Gasteiger partial charge in [0.15, 0.2) is 5.49 Å². The molecule has 1 rings (SSSR count). The monoisotopic (exact) mass is 300 g/mol. The van der Waals surface area contributed by atoms with E-state index >= 15 is 4.11 Å². The number of aromatic nitrogens is 1. The van der Waals surface area contributed by atoms with Crippen molar-refractivity contribution in [3.63, 3.8) is 0 Å². The Kier molecular flexibility index (Phi) is 4.11. The van der Waals surface area contributed by atoms with Crippen molar-refractivity contribution >= 4 is 13.6 Å². The Hall–Kier alpha value is -1.30. The second kappa shape index (κ2) is 4.91. The summed E-state index contributed by atoms with van der Waals surface area (Å²) in [6.07, 6.45) is 1.30. The van der Waals surface area contributed by atoms with E-state index in [4.69, 9.17) is 10.1 Å². The van der Waals surface area contributed by atoms with Gasteiger partial charge in [-0.25, -0.2) is 0 Å². The van der Waals surface area contributed by atoms with Crippen molar-refractivity contribution in [2.24, 2.45) is 0 Å². The van der Waals surface area contributed by atoms with Gasteiger partial charge in [0, 0.05) is 11.3 Å². The number of nitrogens with zero attached hydrogens (tertiary/aromatic N) is 1. The van der Waals surface area contributed by atoms with Crippen molar-refractivity contribution in [2.75, 3.05) is 7.11 Å². The number of nitrogens with one attached hydrogen (secondary N) is 1. The van der Waals surface area contributed by atoms with Crippen LogP contribution in [0.1, 0.15) is 41.5 Å². The molecule has 0 unspecified atom stereocenters. The van der Waals surface area contributed by atoms with Crippen LogP contribution in [0, 0.1) is 5.41 Å². The second-order valence-electron chi connectivity index (χ2n) is 7.14. The predicted molar refractivity (Wildman–Crippen MR) is 79.9 cm³/mol. The first-order chi connectivity index (χ1) is 8.86. The molecular weight excluding hydrogens is 275 g/mol. The Balaban J connectivity index is 3.76. The van der Waals surface area contributed by atoms with Gasteiger partial charge in [0.25, 0.3) is 8.41 Å². The maximum Gasteiger partial charge on any atom is 0.293 e. The van der Waals surface area contributed by atoms with Crippen LogP contribution in [0.15, 0.2) is 12.3 Å². The van der Waals surface area contributed by atoms with Crippen LogP contribution in [-0.4, -0.2) is 25.5 Å². The zero-order chi connectivity index (χ0) is 15.9. The molecule has 0 saturated carbocycles. The molecule has 2 N–H and O–H groups in total. The fraction of sp³-hybridized carbons (Fsp3) is 0.643. The fourth-order valence-corrected chi connectivity index (χ4v) is 7.56. The third-order valence-corrected chi connectivity index (χ3v) is 8.94. The van der Waals surface area contributed by atoms with Gasteiger partial charge >= 0.3 is 0 Å². The van der Waals surface area contributed by atoms with E-state index in [0.29, 0.717) is 15.7 Å². The van der Waals surface area contributed by atoms with E-state index < -0.39 is 18.5 Å². The number of ether oxygens (including phenoxy) is 1. The first-order valence-corrected chi connectivity index (χ1v) is 8.48. The highest BCUT2D eigenvalue weighted by Crippen LogP contribution is 2.52. The molecule has 4 nitrogen and oxygen atoms in total. The first kappa shape index (κ1) is 16.8. The molecule has 0 saturated heterocycles. The van der Waals surface area contributed by atoms with Gasteiger partial charge in [-0.15, -0.1) is 0 Å². The molecule has 6 heteroatoms. The highest BCUT2D eigenvalue weighted by Gasteiger charge is 2.58. The third-order valence-electron chi connectivity index (χ3n) is 3.69. The van der Waals surface area contributed by atoms with Crippen LogP contribution >= 0.6 is 0 Å². The lowest BCUT2D eigenvalue weighted by molar-refractivity contribution is 0.170.